The van der Waals surface area contributed by atoms with E-state index >= 15 is 0 Å². The Labute approximate surface area is 164 Å². The highest BCUT2D eigenvalue weighted by Crippen LogP contribution is 2.61. The van der Waals surface area contributed by atoms with Crippen LogP contribution in [0.1, 0.15) is 45.4 Å². The Hall–Kier alpha value is -2.12. The molecular formula is C20H29N3O5. The van der Waals surface area contributed by atoms with Crippen LogP contribution in [0.4, 0.5) is 4.79 Å². The molecule has 5 rings (SSSR count). The van der Waals surface area contributed by atoms with Crippen LogP contribution >= 0.6 is 0 Å². The molecule has 1 atom stereocenters. The number of ether oxygens (including phenoxy) is 1. The maximum absolute atomic E-state index is 12.3. The molecule has 4 bridgehead atoms. The van der Waals surface area contributed by atoms with Crippen LogP contribution in [0.5, 0.6) is 0 Å². The summed E-state index contributed by atoms with van der Waals surface area (Å²) in [4.78, 5) is 49.8. The van der Waals surface area contributed by atoms with Crippen LogP contribution in [-0.2, 0) is 19.1 Å². The van der Waals surface area contributed by atoms with Crippen molar-refractivity contribution in [2.75, 3.05) is 26.7 Å². The number of esters is 1. The van der Waals surface area contributed by atoms with E-state index in [4.69, 9.17) is 4.74 Å². The average Bonchev–Trinajstić information content (AvgIpc) is 2.85. The van der Waals surface area contributed by atoms with E-state index in [1.165, 1.54) is 50.5 Å². The molecule has 8 nitrogen and oxygen atoms in total. The number of urea groups is 1. The summed E-state index contributed by atoms with van der Waals surface area (Å²) in [6.45, 7) is 1.18. The van der Waals surface area contributed by atoms with Crippen molar-refractivity contribution >= 4 is 23.8 Å². The van der Waals surface area contributed by atoms with E-state index in [0.717, 1.165) is 22.7 Å². The zero-order chi connectivity index (χ0) is 20.1. The summed E-state index contributed by atoms with van der Waals surface area (Å²) in [5, 5.41) is 3.04. The van der Waals surface area contributed by atoms with Gasteiger partial charge in [0.25, 0.3) is 11.8 Å². The maximum Gasteiger partial charge on any atom is 0.327 e. The minimum absolute atomic E-state index is 0.0464. The minimum Gasteiger partial charge on any atom is -0.454 e. The van der Waals surface area contributed by atoms with E-state index in [2.05, 4.69) is 12.2 Å². The Kier molecular flexibility index (Phi) is 4.83. The van der Waals surface area contributed by atoms with Gasteiger partial charge in [0.05, 0.1) is 0 Å². The molecule has 28 heavy (non-hydrogen) atoms. The van der Waals surface area contributed by atoms with Gasteiger partial charge in [-0.25, -0.2) is 4.79 Å². The van der Waals surface area contributed by atoms with Gasteiger partial charge in [-0.3, -0.25) is 19.3 Å². The van der Waals surface area contributed by atoms with Crippen molar-refractivity contribution in [2.45, 2.75) is 51.5 Å². The SMILES string of the molecule is C[C@H](NC(=O)COC(=O)CN1C(=O)CN(C)C1=O)C12CC3CC(CC(C3)C1)C2. The summed E-state index contributed by atoms with van der Waals surface area (Å²) in [6.07, 6.45) is 7.61. The van der Waals surface area contributed by atoms with E-state index in [-0.39, 0.29) is 30.5 Å². The number of imide groups is 1. The molecule has 4 amide bonds. The van der Waals surface area contributed by atoms with E-state index in [0.29, 0.717) is 0 Å². The molecule has 1 saturated heterocycles. The van der Waals surface area contributed by atoms with Crippen molar-refractivity contribution < 1.29 is 23.9 Å². The number of nitrogens with zero attached hydrogens (tertiary/aromatic N) is 2. The number of carbonyl (C=O) groups excluding carboxylic acids is 4. The van der Waals surface area contributed by atoms with Gasteiger partial charge in [-0.15, -0.1) is 0 Å². The number of hydrogen-bond donors (Lipinski definition) is 1. The molecule has 1 heterocycles. The van der Waals surface area contributed by atoms with Crippen molar-refractivity contribution in [2.24, 2.45) is 23.2 Å². The molecule has 1 aliphatic heterocycles. The lowest BCUT2D eigenvalue weighted by atomic mass is 9.48. The first kappa shape index (κ1) is 19.2. The van der Waals surface area contributed by atoms with Crippen molar-refractivity contribution in [3.05, 3.63) is 0 Å². The van der Waals surface area contributed by atoms with E-state index < -0.39 is 24.5 Å². The largest absolute Gasteiger partial charge is 0.454 e. The zero-order valence-electron chi connectivity index (χ0n) is 16.6. The van der Waals surface area contributed by atoms with Crippen LogP contribution in [0.2, 0.25) is 0 Å². The number of amides is 4. The second-order valence-electron chi connectivity index (χ2n) is 9.35. The molecular weight excluding hydrogens is 362 g/mol. The first-order chi connectivity index (χ1) is 13.3. The van der Waals surface area contributed by atoms with Gasteiger partial charge in [0.15, 0.2) is 6.61 Å². The molecule has 154 valence electrons. The highest BCUT2D eigenvalue weighted by atomic mass is 16.5. The Balaban J connectivity index is 1.25. The molecule has 0 unspecified atom stereocenters. The van der Waals surface area contributed by atoms with Crippen LogP contribution < -0.4 is 5.32 Å². The number of nitrogens with one attached hydrogen (secondary N) is 1. The first-order valence-corrected chi connectivity index (χ1v) is 10.3. The number of carbonyl (C=O) groups is 4. The predicted octanol–water partition coefficient (Wildman–Crippen LogP) is 1.14. The Morgan fingerprint density at radius 3 is 2.21 bits per heavy atom. The van der Waals surface area contributed by atoms with E-state index in [1.54, 1.807) is 0 Å². The van der Waals surface area contributed by atoms with Crippen LogP contribution in [-0.4, -0.2) is 66.4 Å². The zero-order valence-corrected chi connectivity index (χ0v) is 16.6. The molecule has 0 aromatic carbocycles. The number of hydrogen-bond acceptors (Lipinski definition) is 5. The van der Waals surface area contributed by atoms with Crippen molar-refractivity contribution in [1.82, 2.24) is 15.1 Å². The first-order valence-electron chi connectivity index (χ1n) is 10.3. The normalized spacial score (nSPS) is 34.7. The third kappa shape index (κ3) is 3.49. The van der Waals surface area contributed by atoms with Gasteiger partial charge in [0.1, 0.15) is 13.1 Å². The predicted molar refractivity (Wildman–Crippen MR) is 98.9 cm³/mol. The van der Waals surface area contributed by atoms with Gasteiger partial charge >= 0.3 is 12.0 Å². The summed E-state index contributed by atoms with van der Waals surface area (Å²) < 4.78 is 5.00. The fourth-order valence-corrected chi connectivity index (χ4v) is 6.29. The summed E-state index contributed by atoms with van der Waals surface area (Å²) in [7, 11) is 1.49. The Morgan fingerprint density at radius 1 is 1.14 bits per heavy atom. The van der Waals surface area contributed by atoms with Gasteiger partial charge in [-0.2, -0.15) is 0 Å². The molecule has 0 radical (unpaired) electrons. The molecule has 5 fully saturated rings. The van der Waals surface area contributed by atoms with Gasteiger partial charge in [0, 0.05) is 13.1 Å². The van der Waals surface area contributed by atoms with Crippen LogP contribution in [0.25, 0.3) is 0 Å². The topological polar surface area (TPSA) is 96.0 Å². The molecule has 4 aliphatic carbocycles. The quantitative estimate of drug-likeness (QED) is 0.541. The lowest BCUT2D eigenvalue weighted by Gasteiger charge is -2.59. The highest BCUT2D eigenvalue weighted by Gasteiger charge is 2.53. The molecule has 4 saturated carbocycles. The number of rotatable bonds is 6. The molecule has 5 aliphatic rings. The summed E-state index contributed by atoms with van der Waals surface area (Å²) in [5.41, 5.74) is 0.188. The lowest BCUT2D eigenvalue weighted by Crippen LogP contribution is -2.56. The van der Waals surface area contributed by atoms with Gasteiger partial charge in [-0.1, -0.05) is 0 Å². The molecule has 0 aromatic rings. The third-order valence-electron chi connectivity index (χ3n) is 7.26. The monoisotopic (exact) mass is 391 g/mol. The standard InChI is InChI=1S/C20H29N3O5/c1-12(20-6-13-3-14(7-20)5-15(4-13)8-20)21-16(24)11-28-18(26)10-23-17(25)9-22(2)19(23)27/h12-15H,3-11H2,1-2H3,(H,21,24)/t12-,13?,14?,15?,20?/m0/s1. The molecule has 1 N–H and O–H groups in total. The van der Waals surface area contributed by atoms with Crippen LogP contribution in [0, 0.1) is 23.2 Å². The summed E-state index contributed by atoms with van der Waals surface area (Å²) in [6, 6.07) is -0.468. The Morgan fingerprint density at radius 2 is 1.71 bits per heavy atom. The average molecular weight is 391 g/mol. The van der Waals surface area contributed by atoms with Crippen LogP contribution in [0.3, 0.4) is 0 Å². The van der Waals surface area contributed by atoms with Crippen LogP contribution in [0.15, 0.2) is 0 Å². The summed E-state index contributed by atoms with van der Waals surface area (Å²) >= 11 is 0. The van der Waals surface area contributed by atoms with E-state index in [1.807, 2.05) is 0 Å². The van der Waals surface area contributed by atoms with E-state index in [9.17, 15) is 19.2 Å². The van der Waals surface area contributed by atoms with Crippen molar-refractivity contribution in [3.63, 3.8) is 0 Å². The van der Waals surface area contributed by atoms with Gasteiger partial charge in [-0.05, 0) is 68.6 Å². The lowest BCUT2D eigenvalue weighted by molar-refractivity contribution is -0.151. The van der Waals surface area contributed by atoms with Crippen molar-refractivity contribution in [1.29, 1.82) is 0 Å². The number of likely N-dealkylation sites (N-methyl/N-ethyl adjacent to an activating group) is 1. The maximum atomic E-state index is 12.3. The summed E-state index contributed by atoms with van der Waals surface area (Å²) in [5.74, 6) is 0.887. The van der Waals surface area contributed by atoms with Gasteiger partial charge in [0.2, 0.25) is 0 Å². The molecule has 0 spiro atoms. The second kappa shape index (κ2) is 7.04. The second-order valence-corrected chi connectivity index (χ2v) is 9.35. The Bertz CT molecular complexity index is 671. The molecule has 8 heteroatoms. The minimum atomic E-state index is -0.755. The van der Waals surface area contributed by atoms with Crippen molar-refractivity contribution in [3.8, 4) is 0 Å². The smallest absolute Gasteiger partial charge is 0.327 e. The fraction of sp³-hybridized carbons (Fsp3) is 0.800. The molecule has 0 aromatic heterocycles. The fourth-order valence-electron chi connectivity index (χ4n) is 6.29. The third-order valence-corrected chi connectivity index (χ3v) is 7.26. The highest BCUT2D eigenvalue weighted by molar-refractivity contribution is 6.04. The van der Waals surface area contributed by atoms with Gasteiger partial charge < -0.3 is 15.0 Å².